The van der Waals surface area contributed by atoms with Crippen molar-refractivity contribution >= 4 is 5.91 Å². The fourth-order valence-corrected chi connectivity index (χ4v) is 3.81. The number of carbonyl (C=O) groups excluding carboxylic acids is 1. The van der Waals surface area contributed by atoms with Crippen LogP contribution in [-0.2, 0) is 16.1 Å². The van der Waals surface area contributed by atoms with Gasteiger partial charge in [0.2, 0.25) is 5.91 Å². The Bertz CT molecular complexity index is 523. The van der Waals surface area contributed by atoms with E-state index in [4.69, 9.17) is 4.74 Å². The topological polar surface area (TPSA) is 44.8 Å². The summed E-state index contributed by atoms with van der Waals surface area (Å²) in [5, 5.41) is 3.20. The van der Waals surface area contributed by atoms with E-state index in [1.54, 1.807) is 0 Å². The molecule has 0 radical (unpaired) electrons. The van der Waals surface area contributed by atoms with E-state index >= 15 is 0 Å². The van der Waals surface area contributed by atoms with Crippen LogP contribution in [-0.4, -0.2) is 67.7 Å². The molecule has 2 heterocycles. The first kappa shape index (κ1) is 17.4. The lowest BCUT2D eigenvalue weighted by Gasteiger charge is -2.34. The summed E-state index contributed by atoms with van der Waals surface area (Å²) in [5.74, 6) is 0.249. The van der Waals surface area contributed by atoms with Gasteiger partial charge in [0.05, 0.1) is 19.1 Å². The van der Waals surface area contributed by atoms with E-state index < -0.39 is 0 Å². The average Bonchev–Trinajstić information content (AvgIpc) is 3.05. The van der Waals surface area contributed by atoms with Gasteiger partial charge in [-0.05, 0) is 25.5 Å². The minimum absolute atomic E-state index is 0.0193. The second-order valence-corrected chi connectivity index (χ2v) is 6.86. The average molecular weight is 331 g/mol. The number of likely N-dealkylation sites (N-methyl/N-ethyl adjacent to an activating group) is 1. The van der Waals surface area contributed by atoms with Crippen LogP contribution in [0.2, 0.25) is 0 Å². The number of carbonyl (C=O) groups is 1. The highest BCUT2D eigenvalue weighted by atomic mass is 16.5. The van der Waals surface area contributed by atoms with Crippen molar-refractivity contribution in [2.75, 3.05) is 39.8 Å². The molecule has 5 heteroatoms. The standard InChI is InChI=1S/C19H29N3O2/c1-20-13-17-8-5-9-22(17)19(23)12-18-15-21(10-11-24-18)14-16-6-3-2-4-7-16/h2-4,6-7,17-18,20H,5,8-15H2,1H3. The molecule has 0 bridgehead atoms. The van der Waals surface area contributed by atoms with E-state index in [9.17, 15) is 4.79 Å². The van der Waals surface area contributed by atoms with Crippen molar-refractivity contribution in [3.05, 3.63) is 35.9 Å². The molecule has 1 aromatic rings. The Morgan fingerprint density at radius 1 is 1.29 bits per heavy atom. The lowest BCUT2D eigenvalue weighted by molar-refractivity contribution is -0.137. The molecule has 0 aromatic heterocycles. The molecule has 5 nitrogen and oxygen atoms in total. The molecule has 3 rings (SSSR count). The van der Waals surface area contributed by atoms with Gasteiger partial charge < -0.3 is 15.0 Å². The van der Waals surface area contributed by atoms with Crippen LogP contribution in [0.4, 0.5) is 0 Å². The maximum absolute atomic E-state index is 12.7. The number of benzene rings is 1. The van der Waals surface area contributed by atoms with Crippen molar-refractivity contribution in [1.29, 1.82) is 0 Å². The van der Waals surface area contributed by atoms with Gasteiger partial charge in [0.1, 0.15) is 0 Å². The molecule has 2 aliphatic rings. The maximum atomic E-state index is 12.7. The van der Waals surface area contributed by atoms with Gasteiger partial charge >= 0.3 is 0 Å². The highest BCUT2D eigenvalue weighted by Gasteiger charge is 2.31. The summed E-state index contributed by atoms with van der Waals surface area (Å²) in [5.41, 5.74) is 1.32. The maximum Gasteiger partial charge on any atom is 0.225 e. The van der Waals surface area contributed by atoms with E-state index in [-0.39, 0.29) is 12.0 Å². The number of amides is 1. The lowest BCUT2D eigenvalue weighted by atomic mass is 10.1. The quantitative estimate of drug-likeness (QED) is 0.858. The van der Waals surface area contributed by atoms with Crippen LogP contribution < -0.4 is 5.32 Å². The van der Waals surface area contributed by atoms with Crippen LogP contribution in [0, 0.1) is 0 Å². The van der Waals surface area contributed by atoms with Crippen LogP contribution in [0.25, 0.3) is 0 Å². The van der Waals surface area contributed by atoms with E-state index in [0.717, 1.165) is 45.6 Å². The van der Waals surface area contributed by atoms with Gasteiger partial charge in [-0.2, -0.15) is 0 Å². The van der Waals surface area contributed by atoms with E-state index in [1.165, 1.54) is 5.56 Å². The lowest BCUT2D eigenvalue weighted by Crippen LogP contribution is -2.46. The second-order valence-electron chi connectivity index (χ2n) is 6.86. The molecule has 0 saturated carbocycles. The number of likely N-dealkylation sites (tertiary alicyclic amines) is 1. The summed E-state index contributed by atoms with van der Waals surface area (Å²) >= 11 is 0. The fourth-order valence-electron chi connectivity index (χ4n) is 3.81. The summed E-state index contributed by atoms with van der Waals surface area (Å²) in [6.07, 6.45) is 2.75. The summed E-state index contributed by atoms with van der Waals surface area (Å²) in [4.78, 5) is 17.1. The molecular formula is C19H29N3O2. The predicted octanol–water partition coefficient (Wildman–Crippen LogP) is 1.49. The molecule has 132 valence electrons. The Labute approximate surface area is 145 Å². The van der Waals surface area contributed by atoms with Gasteiger partial charge in [-0.25, -0.2) is 0 Å². The zero-order valence-electron chi connectivity index (χ0n) is 14.6. The van der Waals surface area contributed by atoms with Gasteiger partial charge in [-0.1, -0.05) is 30.3 Å². The third-order valence-corrected chi connectivity index (χ3v) is 5.01. The molecular weight excluding hydrogens is 302 g/mol. The normalized spacial score (nSPS) is 25.1. The van der Waals surface area contributed by atoms with Gasteiger partial charge in [-0.3, -0.25) is 9.69 Å². The van der Waals surface area contributed by atoms with Crippen molar-refractivity contribution in [2.24, 2.45) is 0 Å². The fraction of sp³-hybridized carbons (Fsp3) is 0.632. The zero-order valence-corrected chi connectivity index (χ0v) is 14.6. The van der Waals surface area contributed by atoms with Crippen molar-refractivity contribution in [3.8, 4) is 0 Å². The molecule has 2 fully saturated rings. The molecule has 0 spiro atoms. The van der Waals surface area contributed by atoms with Crippen LogP contribution in [0.1, 0.15) is 24.8 Å². The molecule has 1 N–H and O–H groups in total. The monoisotopic (exact) mass is 331 g/mol. The Balaban J connectivity index is 1.50. The van der Waals surface area contributed by atoms with Crippen molar-refractivity contribution in [3.63, 3.8) is 0 Å². The second kappa shape index (κ2) is 8.60. The first-order valence-corrected chi connectivity index (χ1v) is 9.08. The van der Waals surface area contributed by atoms with Crippen molar-refractivity contribution in [2.45, 2.75) is 38.0 Å². The number of morpholine rings is 1. The molecule has 2 saturated heterocycles. The molecule has 24 heavy (non-hydrogen) atoms. The first-order chi connectivity index (χ1) is 11.8. The molecule has 1 aromatic carbocycles. The van der Waals surface area contributed by atoms with Crippen LogP contribution in [0.3, 0.4) is 0 Å². The SMILES string of the molecule is CNCC1CCCN1C(=O)CC1CN(Cc2ccccc2)CCO1. The smallest absolute Gasteiger partial charge is 0.225 e. The summed E-state index contributed by atoms with van der Waals surface area (Å²) < 4.78 is 5.87. The molecule has 2 unspecified atom stereocenters. The van der Waals surface area contributed by atoms with Crippen molar-refractivity contribution in [1.82, 2.24) is 15.1 Å². The van der Waals surface area contributed by atoms with E-state index in [0.29, 0.717) is 19.1 Å². The summed E-state index contributed by atoms with van der Waals surface area (Å²) in [7, 11) is 1.95. The van der Waals surface area contributed by atoms with Gasteiger partial charge in [0.15, 0.2) is 0 Å². The van der Waals surface area contributed by atoms with E-state index in [1.807, 2.05) is 13.1 Å². The number of hydrogen-bond acceptors (Lipinski definition) is 4. The van der Waals surface area contributed by atoms with E-state index in [2.05, 4.69) is 39.4 Å². The van der Waals surface area contributed by atoms with Crippen LogP contribution in [0.5, 0.6) is 0 Å². The molecule has 0 aliphatic carbocycles. The van der Waals surface area contributed by atoms with Crippen LogP contribution >= 0.6 is 0 Å². The number of hydrogen-bond donors (Lipinski definition) is 1. The molecule has 2 aliphatic heterocycles. The number of nitrogens with zero attached hydrogens (tertiary/aromatic N) is 2. The number of rotatable bonds is 6. The van der Waals surface area contributed by atoms with Gasteiger partial charge in [-0.15, -0.1) is 0 Å². The van der Waals surface area contributed by atoms with Gasteiger partial charge in [0.25, 0.3) is 0 Å². The largest absolute Gasteiger partial charge is 0.375 e. The Hall–Kier alpha value is -1.43. The zero-order chi connectivity index (χ0) is 16.8. The van der Waals surface area contributed by atoms with Gasteiger partial charge in [0, 0.05) is 38.8 Å². The van der Waals surface area contributed by atoms with Crippen molar-refractivity contribution < 1.29 is 9.53 Å². The minimum atomic E-state index is 0.0193. The third kappa shape index (κ3) is 4.56. The highest BCUT2D eigenvalue weighted by Crippen LogP contribution is 2.20. The Morgan fingerprint density at radius 3 is 2.92 bits per heavy atom. The number of nitrogens with one attached hydrogen (secondary N) is 1. The summed E-state index contributed by atoms with van der Waals surface area (Å²) in [6, 6.07) is 10.9. The molecule has 1 amide bonds. The minimum Gasteiger partial charge on any atom is -0.375 e. The predicted molar refractivity (Wildman–Crippen MR) is 94.7 cm³/mol. The third-order valence-electron chi connectivity index (χ3n) is 5.01. The summed E-state index contributed by atoms with van der Waals surface area (Å²) in [6.45, 7) is 5.20. The Morgan fingerprint density at radius 2 is 2.12 bits per heavy atom. The molecule has 2 atom stereocenters. The number of ether oxygens (including phenoxy) is 1. The first-order valence-electron chi connectivity index (χ1n) is 9.08. The van der Waals surface area contributed by atoms with Crippen LogP contribution in [0.15, 0.2) is 30.3 Å². The Kier molecular flexibility index (Phi) is 6.24. The highest BCUT2D eigenvalue weighted by molar-refractivity contribution is 5.77.